The van der Waals surface area contributed by atoms with Gasteiger partial charge in [0.15, 0.2) is 5.65 Å². The highest BCUT2D eigenvalue weighted by atomic mass is 32.1. The topological polar surface area (TPSA) is 103 Å². The number of nitrogen functional groups attached to an aromatic ring is 1. The van der Waals surface area contributed by atoms with Gasteiger partial charge in [-0.2, -0.15) is 5.10 Å². The van der Waals surface area contributed by atoms with Crippen LogP contribution >= 0.6 is 11.3 Å². The van der Waals surface area contributed by atoms with Gasteiger partial charge in [0, 0.05) is 18.7 Å². The molecule has 0 spiro atoms. The molecular weight excluding hydrogens is 410 g/mol. The smallest absolute Gasteiger partial charge is 0.246 e. The maximum absolute atomic E-state index is 12.0. The predicted octanol–water partition coefficient (Wildman–Crippen LogP) is 3.34. The number of anilines is 1. The Morgan fingerprint density at radius 3 is 2.77 bits per heavy atom. The lowest BCUT2D eigenvalue weighted by Crippen LogP contribution is -2.29. The van der Waals surface area contributed by atoms with E-state index in [1.807, 2.05) is 27.2 Å². The predicted molar refractivity (Wildman–Crippen MR) is 120 cm³/mol. The average Bonchev–Trinajstić information content (AvgIpc) is 3.53. The summed E-state index contributed by atoms with van der Waals surface area (Å²) in [6.07, 6.45) is 4.58. The number of carbonyl (C=O) groups is 1. The van der Waals surface area contributed by atoms with Crippen LogP contribution in [-0.2, 0) is 4.79 Å². The zero-order chi connectivity index (χ0) is 21.1. The zero-order valence-corrected chi connectivity index (χ0v) is 17.5. The van der Waals surface area contributed by atoms with Crippen molar-refractivity contribution >= 4 is 44.3 Å². The summed E-state index contributed by atoms with van der Waals surface area (Å²) < 4.78 is 3.10. The number of hydrogen-bond acceptors (Lipinski definition) is 7. The number of benzene rings is 1. The average molecular weight is 430 g/mol. The molecule has 4 aromatic rings. The molecule has 31 heavy (non-hydrogen) atoms. The summed E-state index contributed by atoms with van der Waals surface area (Å²) in [7, 11) is 0. The normalized spacial score (nSPS) is 16.6. The number of rotatable bonds is 3. The first kappa shape index (κ1) is 18.2. The van der Waals surface area contributed by atoms with Gasteiger partial charge in [-0.1, -0.05) is 12.6 Å². The van der Waals surface area contributed by atoms with Gasteiger partial charge >= 0.3 is 0 Å². The molecule has 4 heterocycles. The number of nitrogens with two attached hydrogens (primary N) is 1. The van der Waals surface area contributed by atoms with Gasteiger partial charge in [-0.15, -0.1) is 11.3 Å². The molecule has 2 N–H and O–H groups in total. The number of hydrogen-bond donors (Lipinski definition) is 1. The van der Waals surface area contributed by atoms with Crippen LogP contribution in [0.4, 0.5) is 5.82 Å². The quantitative estimate of drug-likeness (QED) is 0.396. The van der Waals surface area contributed by atoms with Crippen molar-refractivity contribution in [2.24, 2.45) is 0 Å². The molecule has 0 saturated heterocycles. The molecule has 1 aliphatic heterocycles. The van der Waals surface area contributed by atoms with E-state index in [9.17, 15) is 4.79 Å². The second kappa shape index (κ2) is 6.71. The van der Waals surface area contributed by atoms with E-state index in [0.717, 1.165) is 45.3 Å². The van der Waals surface area contributed by atoms with E-state index < -0.39 is 0 Å². The van der Waals surface area contributed by atoms with Crippen LogP contribution < -0.4 is 5.73 Å². The highest BCUT2D eigenvalue weighted by Crippen LogP contribution is 2.42. The molecule has 3 aromatic heterocycles. The first-order valence-corrected chi connectivity index (χ1v) is 10.9. The Morgan fingerprint density at radius 2 is 2.00 bits per heavy atom. The Morgan fingerprint density at radius 1 is 1.19 bits per heavy atom. The van der Waals surface area contributed by atoms with Crippen molar-refractivity contribution in [1.29, 1.82) is 0 Å². The summed E-state index contributed by atoms with van der Waals surface area (Å²) in [5.41, 5.74) is 14.2. The van der Waals surface area contributed by atoms with Crippen LogP contribution in [0.3, 0.4) is 0 Å². The van der Waals surface area contributed by atoms with Gasteiger partial charge in [-0.3, -0.25) is 4.79 Å². The SMILES string of the molecule is C=CC(=O)N1CC2=C(CC(n3nc(-c4ccc5ncsc5c4)c4c(N)ncnc43)C2)C1. The minimum atomic E-state index is -0.0169. The van der Waals surface area contributed by atoms with Crippen molar-refractivity contribution in [1.82, 2.24) is 29.6 Å². The van der Waals surface area contributed by atoms with Crippen molar-refractivity contribution in [2.75, 3.05) is 18.8 Å². The van der Waals surface area contributed by atoms with E-state index in [4.69, 9.17) is 10.8 Å². The van der Waals surface area contributed by atoms with Gasteiger partial charge in [0.2, 0.25) is 5.91 Å². The Bertz CT molecular complexity index is 1400. The standard InChI is InChI=1S/C22H19N7OS/c1-2-18(30)28-8-13-5-15(6-14(13)9-28)29-22-19(21(23)24-10-25-22)20(27-29)12-3-4-16-17(7-12)31-11-26-16/h2-4,7,10-11,15H,1,5-6,8-9H2,(H2,23,24,25). The van der Waals surface area contributed by atoms with Gasteiger partial charge < -0.3 is 10.6 Å². The van der Waals surface area contributed by atoms with Crippen molar-refractivity contribution in [3.8, 4) is 11.3 Å². The summed E-state index contributed by atoms with van der Waals surface area (Å²) in [5, 5.41) is 5.77. The highest BCUT2D eigenvalue weighted by Gasteiger charge is 2.35. The number of aromatic nitrogens is 5. The van der Waals surface area contributed by atoms with E-state index in [-0.39, 0.29) is 11.9 Å². The molecule has 8 nitrogen and oxygen atoms in total. The zero-order valence-electron chi connectivity index (χ0n) is 16.7. The Kier molecular flexibility index (Phi) is 3.94. The maximum atomic E-state index is 12.0. The minimum Gasteiger partial charge on any atom is -0.383 e. The molecule has 1 aliphatic carbocycles. The van der Waals surface area contributed by atoms with Gasteiger partial charge in [0.1, 0.15) is 17.8 Å². The molecule has 2 aliphatic rings. The lowest BCUT2D eigenvalue weighted by atomic mass is 10.1. The number of likely N-dealkylation sites (tertiary alicyclic amines) is 1. The van der Waals surface area contributed by atoms with Crippen LogP contribution in [-0.4, -0.2) is 48.6 Å². The van der Waals surface area contributed by atoms with Gasteiger partial charge in [-0.25, -0.2) is 19.6 Å². The Balaban J connectivity index is 1.40. The van der Waals surface area contributed by atoms with E-state index in [1.54, 1.807) is 11.3 Å². The molecule has 154 valence electrons. The molecule has 0 bridgehead atoms. The van der Waals surface area contributed by atoms with Crippen LogP contribution in [0, 0.1) is 0 Å². The van der Waals surface area contributed by atoms with Crippen LogP contribution in [0.2, 0.25) is 0 Å². The second-order valence-corrected chi connectivity index (χ2v) is 8.84. The van der Waals surface area contributed by atoms with Crippen LogP contribution in [0.25, 0.3) is 32.5 Å². The largest absolute Gasteiger partial charge is 0.383 e. The third-order valence-electron chi connectivity index (χ3n) is 6.18. The number of fused-ring (bicyclic) bond motifs is 2. The molecule has 1 amide bonds. The van der Waals surface area contributed by atoms with Gasteiger partial charge in [-0.05, 0) is 42.2 Å². The van der Waals surface area contributed by atoms with Crippen molar-refractivity contribution < 1.29 is 4.79 Å². The van der Waals surface area contributed by atoms with Crippen molar-refractivity contribution in [2.45, 2.75) is 18.9 Å². The Labute approximate surface area is 181 Å². The number of nitrogens with zero attached hydrogens (tertiary/aromatic N) is 6. The summed E-state index contributed by atoms with van der Waals surface area (Å²) in [5.74, 6) is 0.411. The number of carbonyl (C=O) groups excluding carboxylic acids is 1. The Hall–Kier alpha value is -3.59. The monoisotopic (exact) mass is 429 g/mol. The van der Waals surface area contributed by atoms with E-state index in [0.29, 0.717) is 18.9 Å². The van der Waals surface area contributed by atoms with Crippen LogP contribution in [0.5, 0.6) is 0 Å². The van der Waals surface area contributed by atoms with Crippen molar-refractivity contribution in [3.05, 3.63) is 53.8 Å². The minimum absolute atomic E-state index is 0.0169. The van der Waals surface area contributed by atoms with E-state index in [1.165, 1.54) is 23.5 Å². The fourth-order valence-electron chi connectivity index (χ4n) is 4.71. The third kappa shape index (κ3) is 2.77. The highest BCUT2D eigenvalue weighted by molar-refractivity contribution is 7.16. The lowest BCUT2D eigenvalue weighted by Gasteiger charge is -2.19. The summed E-state index contributed by atoms with van der Waals surface area (Å²) >= 11 is 1.60. The van der Waals surface area contributed by atoms with E-state index in [2.05, 4.69) is 27.6 Å². The summed E-state index contributed by atoms with van der Waals surface area (Å²) in [6.45, 7) is 4.94. The van der Waals surface area contributed by atoms with Crippen molar-refractivity contribution in [3.63, 3.8) is 0 Å². The lowest BCUT2D eigenvalue weighted by molar-refractivity contribution is -0.124. The molecule has 0 radical (unpaired) electrons. The van der Waals surface area contributed by atoms with Gasteiger partial charge in [0.05, 0.1) is 27.2 Å². The second-order valence-electron chi connectivity index (χ2n) is 7.95. The number of amides is 1. The van der Waals surface area contributed by atoms with Crippen LogP contribution in [0.15, 0.2) is 53.8 Å². The fourth-order valence-corrected chi connectivity index (χ4v) is 5.43. The summed E-state index contributed by atoms with van der Waals surface area (Å²) in [4.78, 5) is 26.9. The molecule has 0 unspecified atom stereocenters. The molecule has 1 aromatic carbocycles. The molecule has 0 fully saturated rings. The third-order valence-corrected chi connectivity index (χ3v) is 6.97. The summed E-state index contributed by atoms with van der Waals surface area (Å²) in [6, 6.07) is 6.27. The molecule has 0 saturated carbocycles. The molecule has 0 atom stereocenters. The van der Waals surface area contributed by atoms with Gasteiger partial charge in [0.25, 0.3) is 0 Å². The molecular formula is C22H19N7OS. The first-order chi connectivity index (χ1) is 15.1. The molecule has 9 heteroatoms. The first-order valence-electron chi connectivity index (χ1n) is 10.1. The molecule has 6 rings (SSSR count). The van der Waals surface area contributed by atoms with Crippen LogP contribution in [0.1, 0.15) is 18.9 Å². The van der Waals surface area contributed by atoms with E-state index >= 15 is 0 Å². The fraction of sp³-hybridized carbons (Fsp3) is 0.227. The number of thiazole rings is 1. The maximum Gasteiger partial charge on any atom is 0.246 e.